The normalized spacial score (nSPS) is 25.5. The number of nitrogens with zero attached hydrogens (tertiary/aromatic N) is 1. The second-order valence-corrected chi connectivity index (χ2v) is 8.82. The summed E-state index contributed by atoms with van der Waals surface area (Å²) in [5.41, 5.74) is -2.79. The first-order valence-electron chi connectivity index (χ1n) is 7.51. The van der Waals surface area contributed by atoms with E-state index in [1.54, 1.807) is 18.2 Å². The Hall–Kier alpha value is -1.74. The summed E-state index contributed by atoms with van der Waals surface area (Å²) in [6.07, 6.45) is 0.292. The van der Waals surface area contributed by atoms with E-state index in [4.69, 9.17) is 11.6 Å². The number of nitrogens with one attached hydrogen (secondary N) is 1. The standard InChI is InChI=1S/C16H17ClN2O5S/c1-15(2)12(20)8-16(15,14(21)22)19-25(23,24)11-7-10(17)6-9-4-3-5-18-13(9)11/h3-7,12,19-20H,8H2,1-2H3,(H,21,22). The highest BCUT2D eigenvalue weighted by molar-refractivity contribution is 7.89. The second kappa shape index (κ2) is 5.63. The van der Waals surface area contributed by atoms with E-state index in [1.165, 1.54) is 26.1 Å². The maximum atomic E-state index is 13.0. The Morgan fingerprint density at radius 3 is 2.64 bits per heavy atom. The molecule has 2 aromatic rings. The zero-order chi connectivity index (χ0) is 18.6. The Balaban J connectivity index is 2.14. The lowest BCUT2D eigenvalue weighted by atomic mass is 9.55. The van der Waals surface area contributed by atoms with E-state index >= 15 is 0 Å². The van der Waals surface area contributed by atoms with Crippen molar-refractivity contribution in [1.29, 1.82) is 0 Å². The number of aliphatic hydroxyl groups is 1. The van der Waals surface area contributed by atoms with Gasteiger partial charge in [-0.3, -0.25) is 9.78 Å². The van der Waals surface area contributed by atoms with E-state index in [2.05, 4.69) is 9.71 Å². The van der Waals surface area contributed by atoms with Gasteiger partial charge < -0.3 is 10.2 Å². The molecule has 9 heteroatoms. The number of aliphatic carboxylic acids is 1. The van der Waals surface area contributed by atoms with Crippen LogP contribution in [0.4, 0.5) is 0 Å². The topological polar surface area (TPSA) is 117 Å². The highest BCUT2D eigenvalue weighted by Crippen LogP contribution is 2.50. The number of halogens is 1. The van der Waals surface area contributed by atoms with Crippen molar-refractivity contribution in [2.75, 3.05) is 0 Å². The van der Waals surface area contributed by atoms with Crippen molar-refractivity contribution in [3.05, 3.63) is 35.5 Å². The summed E-state index contributed by atoms with van der Waals surface area (Å²) in [5, 5.41) is 20.3. The third kappa shape index (κ3) is 2.60. The molecule has 1 aliphatic carbocycles. The SMILES string of the molecule is CC1(C)C(O)CC1(NS(=O)(=O)c1cc(Cl)cc2cccnc12)C(=O)O. The fraction of sp³-hybridized carbons (Fsp3) is 0.375. The van der Waals surface area contributed by atoms with Gasteiger partial charge in [-0.2, -0.15) is 4.72 Å². The van der Waals surface area contributed by atoms with Gasteiger partial charge in [0.05, 0.1) is 11.6 Å². The minimum absolute atomic E-state index is 0.192. The number of aliphatic hydroxyl groups excluding tert-OH is 1. The van der Waals surface area contributed by atoms with E-state index in [1.807, 2.05) is 0 Å². The van der Waals surface area contributed by atoms with Crippen LogP contribution in [0.15, 0.2) is 35.4 Å². The van der Waals surface area contributed by atoms with Crippen molar-refractivity contribution < 1.29 is 23.4 Å². The molecule has 1 aromatic heterocycles. The Labute approximate surface area is 149 Å². The van der Waals surface area contributed by atoms with E-state index < -0.39 is 33.1 Å². The molecule has 0 aliphatic heterocycles. The Morgan fingerprint density at radius 2 is 2.08 bits per heavy atom. The first kappa shape index (κ1) is 18.1. The molecule has 7 nitrogen and oxygen atoms in total. The number of hydrogen-bond donors (Lipinski definition) is 3. The lowest BCUT2D eigenvalue weighted by Gasteiger charge is -2.56. The molecule has 25 heavy (non-hydrogen) atoms. The van der Waals surface area contributed by atoms with Crippen LogP contribution in [0.1, 0.15) is 20.3 Å². The molecule has 1 heterocycles. The summed E-state index contributed by atoms with van der Waals surface area (Å²) in [6.45, 7) is 3.01. The molecule has 1 aromatic carbocycles. The summed E-state index contributed by atoms with van der Waals surface area (Å²) in [5.74, 6) is -1.34. The Kier molecular flexibility index (Phi) is 4.07. The molecule has 3 N–H and O–H groups in total. The quantitative estimate of drug-likeness (QED) is 0.739. The van der Waals surface area contributed by atoms with Crippen LogP contribution in [-0.2, 0) is 14.8 Å². The van der Waals surface area contributed by atoms with Crippen molar-refractivity contribution in [1.82, 2.24) is 9.71 Å². The predicted molar refractivity (Wildman–Crippen MR) is 91.8 cm³/mol. The van der Waals surface area contributed by atoms with Crippen LogP contribution in [0.3, 0.4) is 0 Å². The summed E-state index contributed by atoms with van der Waals surface area (Å²) in [7, 11) is -4.26. The maximum Gasteiger partial charge on any atom is 0.325 e. The highest BCUT2D eigenvalue weighted by Gasteiger charge is 2.66. The molecular weight excluding hydrogens is 368 g/mol. The highest BCUT2D eigenvalue weighted by atomic mass is 35.5. The summed E-state index contributed by atoms with van der Waals surface area (Å²) in [4.78, 5) is 15.7. The molecule has 134 valence electrons. The third-order valence-corrected chi connectivity index (χ3v) is 6.76. The van der Waals surface area contributed by atoms with E-state index in [0.717, 1.165) is 0 Å². The average molecular weight is 385 g/mol. The van der Waals surface area contributed by atoms with Gasteiger partial charge in [0.25, 0.3) is 0 Å². The van der Waals surface area contributed by atoms with Crippen LogP contribution in [-0.4, -0.2) is 41.2 Å². The molecule has 2 unspecified atom stereocenters. The van der Waals surface area contributed by atoms with Gasteiger partial charge in [-0.05, 0) is 18.2 Å². The molecule has 1 fully saturated rings. The first-order valence-corrected chi connectivity index (χ1v) is 9.37. The van der Waals surface area contributed by atoms with E-state index in [0.29, 0.717) is 5.39 Å². The molecule has 2 atom stereocenters. The van der Waals surface area contributed by atoms with Gasteiger partial charge in [-0.1, -0.05) is 31.5 Å². The molecule has 0 saturated heterocycles. The number of hydrogen-bond acceptors (Lipinski definition) is 5. The largest absolute Gasteiger partial charge is 0.480 e. The van der Waals surface area contributed by atoms with Crippen LogP contribution in [0.5, 0.6) is 0 Å². The van der Waals surface area contributed by atoms with Gasteiger partial charge in [0.1, 0.15) is 10.4 Å². The maximum absolute atomic E-state index is 13.0. The summed E-state index contributed by atoms with van der Waals surface area (Å²) in [6, 6.07) is 6.12. The lowest BCUT2D eigenvalue weighted by molar-refractivity contribution is -0.178. The summed E-state index contributed by atoms with van der Waals surface area (Å²) < 4.78 is 28.2. The Morgan fingerprint density at radius 1 is 1.40 bits per heavy atom. The third-order valence-electron chi connectivity index (χ3n) is 5.03. The molecule has 3 rings (SSSR count). The van der Waals surface area contributed by atoms with Gasteiger partial charge in [-0.25, -0.2) is 8.42 Å². The molecule has 0 amide bonds. The number of sulfonamides is 1. The number of carbonyl (C=O) groups is 1. The Bertz CT molecular complexity index is 976. The fourth-order valence-corrected chi connectivity index (χ4v) is 5.16. The molecule has 0 bridgehead atoms. The molecule has 1 aliphatic rings. The molecule has 1 saturated carbocycles. The van der Waals surface area contributed by atoms with E-state index in [-0.39, 0.29) is 21.9 Å². The van der Waals surface area contributed by atoms with Crippen molar-refractivity contribution in [3.63, 3.8) is 0 Å². The van der Waals surface area contributed by atoms with Crippen molar-refractivity contribution in [2.24, 2.45) is 5.41 Å². The van der Waals surface area contributed by atoms with Gasteiger partial charge in [0, 0.05) is 28.4 Å². The van der Waals surface area contributed by atoms with Crippen LogP contribution in [0.25, 0.3) is 10.9 Å². The average Bonchev–Trinajstić information content (AvgIpc) is 2.52. The van der Waals surface area contributed by atoms with Crippen molar-refractivity contribution in [2.45, 2.75) is 36.8 Å². The molecule has 0 radical (unpaired) electrons. The number of fused-ring (bicyclic) bond motifs is 1. The van der Waals surface area contributed by atoms with Crippen LogP contribution < -0.4 is 4.72 Å². The zero-order valence-electron chi connectivity index (χ0n) is 13.5. The minimum atomic E-state index is -4.26. The van der Waals surface area contributed by atoms with Gasteiger partial charge in [0.2, 0.25) is 10.0 Å². The van der Waals surface area contributed by atoms with Crippen molar-refractivity contribution in [3.8, 4) is 0 Å². The smallest absolute Gasteiger partial charge is 0.325 e. The molecular formula is C16H17ClN2O5S. The van der Waals surface area contributed by atoms with Gasteiger partial charge in [-0.15, -0.1) is 0 Å². The number of aromatic nitrogens is 1. The van der Waals surface area contributed by atoms with Gasteiger partial charge in [0.15, 0.2) is 0 Å². The fourth-order valence-electron chi connectivity index (χ4n) is 3.15. The van der Waals surface area contributed by atoms with Crippen LogP contribution in [0.2, 0.25) is 5.02 Å². The lowest BCUT2D eigenvalue weighted by Crippen LogP contribution is -2.75. The monoisotopic (exact) mass is 384 g/mol. The number of benzene rings is 1. The van der Waals surface area contributed by atoms with E-state index in [9.17, 15) is 23.4 Å². The predicted octanol–water partition coefficient (Wildman–Crippen LogP) is 1.78. The second-order valence-electron chi connectivity index (χ2n) is 6.74. The van der Waals surface area contributed by atoms with Crippen LogP contribution in [0, 0.1) is 5.41 Å². The summed E-state index contributed by atoms with van der Waals surface area (Å²) >= 11 is 6.01. The number of pyridine rings is 1. The number of carboxylic acids is 1. The first-order chi connectivity index (χ1) is 11.5. The minimum Gasteiger partial charge on any atom is -0.480 e. The van der Waals surface area contributed by atoms with Crippen molar-refractivity contribution >= 4 is 38.5 Å². The van der Waals surface area contributed by atoms with Crippen LogP contribution >= 0.6 is 11.6 Å². The molecule has 0 spiro atoms. The number of rotatable bonds is 4. The zero-order valence-corrected chi connectivity index (χ0v) is 15.1. The number of carboxylic acid groups (broad SMARTS) is 1. The van der Waals surface area contributed by atoms with Gasteiger partial charge >= 0.3 is 5.97 Å².